The van der Waals surface area contributed by atoms with Gasteiger partial charge in [0, 0.05) is 12.1 Å². The SMILES string of the molecule is CC=C(C)C(=O)NCCc1ccc(OC)cc1. The van der Waals surface area contributed by atoms with E-state index in [1.54, 1.807) is 7.11 Å². The second-order valence-electron chi connectivity index (χ2n) is 3.83. The Morgan fingerprint density at radius 1 is 1.35 bits per heavy atom. The molecule has 1 rings (SSSR count). The van der Waals surface area contributed by atoms with Crippen molar-refractivity contribution in [3.63, 3.8) is 0 Å². The van der Waals surface area contributed by atoms with E-state index in [2.05, 4.69) is 5.32 Å². The smallest absolute Gasteiger partial charge is 0.246 e. The third-order valence-electron chi connectivity index (χ3n) is 2.65. The molecule has 0 bridgehead atoms. The fraction of sp³-hybridized carbons (Fsp3) is 0.357. The van der Waals surface area contributed by atoms with Crippen molar-refractivity contribution in [2.75, 3.05) is 13.7 Å². The number of nitrogens with one attached hydrogen (secondary N) is 1. The summed E-state index contributed by atoms with van der Waals surface area (Å²) >= 11 is 0. The van der Waals surface area contributed by atoms with Gasteiger partial charge in [0.25, 0.3) is 0 Å². The Bertz CT molecular complexity index is 393. The van der Waals surface area contributed by atoms with Gasteiger partial charge in [-0.3, -0.25) is 4.79 Å². The van der Waals surface area contributed by atoms with E-state index in [1.807, 2.05) is 44.2 Å². The van der Waals surface area contributed by atoms with Crippen LogP contribution in [0.5, 0.6) is 5.75 Å². The molecule has 17 heavy (non-hydrogen) atoms. The fourth-order valence-electron chi connectivity index (χ4n) is 1.38. The number of hydrogen-bond acceptors (Lipinski definition) is 2. The van der Waals surface area contributed by atoms with Gasteiger partial charge in [-0.25, -0.2) is 0 Å². The summed E-state index contributed by atoms with van der Waals surface area (Å²) in [5, 5.41) is 2.87. The summed E-state index contributed by atoms with van der Waals surface area (Å²) in [5.74, 6) is 0.851. The summed E-state index contributed by atoms with van der Waals surface area (Å²) in [7, 11) is 1.65. The van der Waals surface area contributed by atoms with Crippen LogP contribution in [0.2, 0.25) is 0 Å². The summed E-state index contributed by atoms with van der Waals surface area (Å²) in [5.41, 5.74) is 1.93. The molecule has 0 radical (unpaired) electrons. The van der Waals surface area contributed by atoms with Gasteiger partial charge in [-0.05, 0) is 38.0 Å². The minimum Gasteiger partial charge on any atom is -0.497 e. The average molecular weight is 233 g/mol. The Morgan fingerprint density at radius 2 is 2.00 bits per heavy atom. The lowest BCUT2D eigenvalue weighted by atomic mass is 10.1. The summed E-state index contributed by atoms with van der Waals surface area (Å²) in [6.07, 6.45) is 2.63. The highest BCUT2D eigenvalue weighted by atomic mass is 16.5. The lowest BCUT2D eigenvalue weighted by Gasteiger charge is -2.06. The molecule has 0 aliphatic carbocycles. The van der Waals surface area contributed by atoms with Crippen molar-refractivity contribution in [2.24, 2.45) is 0 Å². The number of rotatable bonds is 5. The van der Waals surface area contributed by atoms with Gasteiger partial charge in [0.2, 0.25) is 5.91 Å². The van der Waals surface area contributed by atoms with Gasteiger partial charge < -0.3 is 10.1 Å². The first-order valence-electron chi connectivity index (χ1n) is 5.71. The first kappa shape index (κ1) is 13.3. The van der Waals surface area contributed by atoms with E-state index in [0.29, 0.717) is 6.54 Å². The van der Waals surface area contributed by atoms with Gasteiger partial charge in [-0.15, -0.1) is 0 Å². The molecule has 0 aliphatic rings. The summed E-state index contributed by atoms with van der Waals surface area (Å²) in [4.78, 5) is 11.5. The maximum atomic E-state index is 11.5. The van der Waals surface area contributed by atoms with E-state index < -0.39 is 0 Å². The van der Waals surface area contributed by atoms with Gasteiger partial charge in [-0.2, -0.15) is 0 Å². The lowest BCUT2D eigenvalue weighted by molar-refractivity contribution is -0.117. The molecule has 0 aromatic heterocycles. The zero-order valence-corrected chi connectivity index (χ0v) is 10.6. The number of carbonyl (C=O) groups excluding carboxylic acids is 1. The Balaban J connectivity index is 2.38. The molecule has 0 fully saturated rings. The van der Waals surface area contributed by atoms with Crippen LogP contribution < -0.4 is 10.1 Å². The molecule has 0 aliphatic heterocycles. The number of hydrogen-bond donors (Lipinski definition) is 1. The highest BCUT2D eigenvalue weighted by Crippen LogP contribution is 2.11. The Morgan fingerprint density at radius 3 is 2.53 bits per heavy atom. The standard InChI is InChI=1S/C14H19NO2/c1-4-11(2)14(16)15-10-9-12-5-7-13(17-3)8-6-12/h4-8H,9-10H2,1-3H3,(H,15,16). The Labute approximate surface area is 102 Å². The van der Waals surface area contributed by atoms with Crippen LogP contribution in [-0.2, 0) is 11.2 Å². The number of allylic oxidation sites excluding steroid dienone is 1. The molecular weight excluding hydrogens is 214 g/mol. The van der Waals surface area contributed by atoms with Gasteiger partial charge >= 0.3 is 0 Å². The molecule has 0 heterocycles. The summed E-state index contributed by atoms with van der Waals surface area (Å²) < 4.78 is 5.08. The topological polar surface area (TPSA) is 38.3 Å². The summed E-state index contributed by atoms with van der Waals surface area (Å²) in [6.45, 7) is 4.32. The Kier molecular flexibility index (Phi) is 5.27. The molecule has 0 spiro atoms. The van der Waals surface area contributed by atoms with Crippen molar-refractivity contribution >= 4 is 5.91 Å². The molecule has 0 unspecified atom stereocenters. The van der Waals surface area contributed by atoms with Crippen LogP contribution in [0.15, 0.2) is 35.9 Å². The maximum absolute atomic E-state index is 11.5. The van der Waals surface area contributed by atoms with E-state index in [4.69, 9.17) is 4.74 Å². The van der Waals surface area contributed by atoms with Crippen LogP contribution in [0.4, 0.5) is 0 Å². The number of ether oxygens (including phenoxy) is 1. The van der Waals surface area contributed by atoms with Crippen LogP contribution in [0, 0.1) is 0 Å². The average Bonchev–Trinajstić information content (AvgIpc) is 2.38. The molecule has 0 saturated heterocycles. The third kappa shape index (κ3) is 4.31. The molecule has 1 aromatic carbocycles. The fourth-order valence-corrected chi connectivity index (χ4v) is 1.38. The molecule has 0 atom stereocenters. The van der Waals surface area contributed by atoms with Gasteiger partial charge in [0.1, 0.15) is 5.75 Å². The van der Waals surface area contributed by atoms with Crippen molar-refractivity contribution < 1.29 is 9.53 Å². The quantitative estimate of drug-likeness (QED) is 0.793. The number of benzene rings is 1. The van der Waals surface area contributed by atoms with Crippen molar-refractivity contribution in [3.05, 3.63) is 41.5 Å². The van der Waals surface area contributed by atoms with E-state index in [9.17, 15) is 4.79 Å². The van der Waals surface area contributed by atoms with Crippen molar-refractivity contribution in [1.82, 2.24) is 5.32 Å². The Hall–Kier alpha value is -1.77. The molecule has 1 aromatic rings. The predicted molar refractivity (Wildman–Crippen MR) is 69.1 cm³/mol. The molecular formula is C14H19NO2. The first-order valence-corrected chi connectivity index (χ1v) is 5.71. The van der Waals surface area contributed by atoms with Crippen molar-refractivity contribution in [2.45, 2.75) is 20.3 Å². The normalized spacial score (nSPS) is 11.1. The van der Waals surface area contributed by atoms with E-state index in [-0.39, 0.29) is 5.91 Å². The van der Waals surface area contributed by atoms with Crippen LogP contribution in [-0.4, -0.2) is 19.6 Å². The zero-order chi connectivity index (χ0) is 12.7. The largest absolute Gasteiger partial charge is 0.497 e. The number of carbonyl (C=O) groups is 1. The molecule has 92 valence electrons. The van der Waals surface area contributed by atoms with Gasteiger partial charge in [0.15, 0.2) is 0 Å². The maximum Gasteiger partial charge on any atom is 0.246 e. The van der Waals surface area contributed by atoms with Crippen molar-refractivity contribution in [3.8, 4) is 5.75 Å². The van der Waals surface area contributed by atoms with Crippen LogP contribution in [0.3, 0.4) is 0 Å². The highest BCUT2D eigenvalue weighted by Gasteiger charge is 2.01. The molecule has 1 N–H and O–H groups in total. The van der Waals surface area contributed by atoms with E-state index >= 15 is 0 Å². The minimum absolute atomic E-state index is 0.000937. The first-order chi connectivity index (χ1) is 8.17. The molecule has 3 nitrogen and oxygen atoms in total. The van der Waals surface area contributed by atoms with Crippen LogP contribution in [0.25, 0.3) is 0 Å². The van der Waals surface area contributed by atoms with Crippen molar-refractivity contribution in [1.29, 1.82) is 0 Å². The van der Waals surface area contributed by atoms with Crippen LogP contribution >= 0.6 is 0 Å². The van der Waals surface area contributed by atoms with E-state index in [0.717, 1.165) is 17.7 Å². The predicted octanol–water partition coefficient (Wildman–Crippen LogP) is 2.32. The second-order valence-corrected chi connectivity index (χ2v) is 3.83. The zero-order valence-electron chi connectivity index (χ0n) is 10.6. The molecule has 0 saturated carbocycles. The van der Waals surface area contributed by atoms with Gasteiger partial charge in [0.05, 0.1) is 7.11 Å². The van der Waals surface area contributed by atoms with Crippen LogP contribution in [0.1, 0.15) is 19.4 Å². The molecule has 1 amide bonds. The third-order valence-corrected chi connectivity index (χ3v) is 2.65. The molecule has 3 heteroatoms. The number of amides is 1. The minimum atomic E-state index is 0.000937. The monoisotopic (exact) mass is 233 g/mol. The van der Waals surface area contributed by atoms with E-state index in [1.165, 1.54) is 5.56 Å². The number of methoxy groups -OCH3 is 1. The second kappa shape index (κ2) is 6.74. The highest BCUT2D eigenvalue weighted by molar-refractivity contribution is 5.92. The summed E-state index contributed by atoms with van der Waals surface area (Å²) in [6, 6.07) is 7.86. The lowest BCUT2D eigenvalue weighted by Crippen LogP contribution is -2.26. The van der Waals surface area contributed by atoms with Gasteiger partial charge in [-0.1, -0.05) is 18.2 Å².